The summed E-state index contributed by atoms with van der Waals surface area (Å²) in [7, 11) is 0. The number of hydrogen-bond acceptors (Lipinski definition) is 15. The Morgan fingerprint density at radius 1 is 0.424 bits per heavy atom. The van der Waals surface area contributed by atoms with E-state index < -0.39 is 47.0 Å². The van der Waals surface area contributed by atoms with E-state index in [1.165, 1.54) is 23.5 Å². The highest BCUT2D eigenvalue weighted by Gasteiger charge is 2.56. The predicted octanol–water partition coefficient (Wildman–Crippen LogP) is 7.58. The maximum absolute atomic E-state index is 13.8. The molecule has 9 aliphatic heterocycles. The van der Waals surface area contributed by atoms with Gasteiger partial charge in [-0.2, -0.15) is 26.3 Å². The van der Waals surface area contributed by atoms with Crippen molar-refractivity contribution in [1.29, 1.82) is 0 Å². The van der Waals surface area contributed by atoms with Crippen LogP contribution in [0.3, 0.4) is 0 Å². The zero-order chi connectivity index (χ0) is 88.2. The van der Waals surface area contributed by atoms with Gasteiger partial charge in [0.15, 0.2) is 28.4 Å². The lowest BCUT2D eigenvalue weighted by molar-refractivity contribution is -0.944. The molecule has 8 N–H and O–H groups in total. The summed E-state index contributed by atoms with van der Waals surface area (Å²) in [6.45, 7) is 12.3. The summed E-state index contributed by atoms with van der Waals surface area (Å²) in [4.78, 5) is 96.5. The summed E-state index contributed by atoms with van der Waals surface area (Å²) in [5, 5.41) is 65.0. The van der Waals surface area contributed by atoms with Gasteiger partial charge in [-0.3, -0.25) is 28.8 Å². The SMILES string of the molecule is NC(=O)c1ccccc1OCCC[N+]12CCC(CC1)[C@@H](NC(=O)C1(O)c3ccccc3-c3ccccc31)C2.O=C(CCC[N+]12CCC(CC1)[C@@H](NC(=O)C1(O)c3ccccc3-c3ccccc31)C2)c1ccc(F)cc1.O=C(CCC[N+]12CCC(CC1)[C@@H](NC(=O)C1(O)c3ccccc3-c3ccccc31)C2)c1cccs1.O=C([O-])C(F)(F)F.O=C([O-])C(F)(F)F.[Br-]. The minimum absolute atomic E-state index is 0. The van der Waals surface area contributed by atoms with Crippen LogP contribution in [0.1, 0.15) is 134 Å². The highest BCUT2D eigenvalue weighted by atomic mass is 79.9. The summed E-state index contributed by atoms with van der Waals surface area (Å²) in [6.07, 6.45) is -0.588. The number of carboxylic acid groups (broad SMARTS) is 2. The summed E-state index contributed by atoms with van der Waals surface area (Å²) in [5.41, 5.74) is 10.7. The third-order valence-corrected chi connectivity index (χ3v) is 27.6. The Bertz CT molecular complexity index is 5300. The second kappa shape index (κ2) is 37.8. The molecule has 9 aromatic rings. The van der Waals surface area contributed by atoms with E-state index in [1.807, 2.05) is 169 Å². The van der Waals surface area contributed by atoms with Crippen LogP contribution >= 0.6 is 11.3 Å². The Morgan fingerprint density at radius 2 is 0.720 bits per heavy atom. The van der Waals surface area contributed by atoms with Crippen LogP contribution in [0.25, 0.3) is 33.4 Å². The van der Waals surface area contributed by atoms with Crippen molar-refractivity contribution in [3.8, 4) is 39.1 Å². The molecule has 0 saturated carbocycles. The first-order chi connectivity index (χ1) is 59.2. The van der Waals surface area contributed by atoms with E-state index in [0.717, 1.165) is 188 Å². The molecule has 3 aliphatic carbocycles. The molecule has 658 valence electrons. The van der Waals surface area contributed by atoms with Gasteiger partial charge in [0.25, 0.3) is 23.6 Å². The minimum atomic E-state index is -5.19. The van der Waals surface area contributed by atoms with Gasteiger partial charge in [0, 0.05) is 110 Å². The number of halogens is 8. The number of Topliss-reactive ketones (excluding diaryl/α,β-unsaturated/α-hetero) is 2. The lowest BCUT2D eigenvalue weighted by atomic mass is 9.80. The summed E-state index contributed by atoms with van der Waals surface area (Å²) in [6, 6.07) is 62.5. The molecule has 1 aromatic heterocycles. The first-order valence-corrected chi connectivity index (χ1v) is 42.7. The number of piperidine rings is 9. The van der Waals surface area contributed by atoms with Gasteiger partial charge in [0.05, 0.1) is 114 Å². The number of quaternary nitrogens is 3. The fourth-order valence-corrected chi connectivity index (χ4v) is 21.0. The third kappa shape index (κ3) is 19.2. The van der Waals surface area contributed by atoms with Gasteiger partial charge in [0.2, 0.25) is 0 Å². The fourth-order valence-electron chi connectivity index (χ4n) is 20.4. The van der Waals surface area contributed by atoms with Crippen LogP contribution in [0.4, 0.5) is 30.7 Å². The van der Waals surface area contributed by atoms with E-state index in [1.54, 1.807) is 30.3 Å². The highest BCUT2D eigenvalue weighted by molar-refractivity contribution is 7.12. The van der Waals surface area contributed by atoms with Gasteiger partial charge >= 0.3 is 12.4 Å². The van der Waals surface area contributed by atoms with Crippen LogP contribution in [-0.4, -0.2) is 192 Å². The zero-order valence-corrected chi connectivity index (χ0v) is 70.7. The molecular weight excluding hydrogens is 1710 g/mol. The molecule has 6 bridgehead atoms. The number of nitrogens with one attached hydrogen (secondary N) is 3. The third-order valence-electron chi connectivity index (χ3n) is 26.7. The average molecular weight is 1810 g/mol. The van der Waals surface area contributed by atoms with Gasteiger partial charge in [-0.1, -0.05) is 164 Å². The number of fused-ring (bicyclic) bond motifs is 18. The van der Waals surface area contributed by atoms with Gasteiger partial charge in [-0.15, -0.1) is 11.3 Å². The van der Waals surface area contributed by atoms with E-state index in [2.05, 4.69) is 16.0 Å². The largest absolute Gasteiger partial charge is 1.00 e. The number of benzene rings is 8. The van der Waals surface area contributed by atoms with E-state index in [-0.39, 0.29) is 70.2 Å². The molecule has 0 spiro atoms. The number of carboxylic acids is 2. The van der Waals surface area contributed by atoms with E-state index in [9.17, 15) is 74.8 Å². The Labute approximate surface area is 732 Å². The van der Waals surface area contributed by atoms with Gasteiger partial charge in [0.1, 0.15) is 23.5 Å². The molecule has 3 atom stereocenters. The Balaban J connectivity index is 0.000000149. The molecule has 125 heavy (non-hydrogen) atoms. The molecule has 21 rings (SSSR count). The quantitative estimate of drug-likeness (QED) is 0.0149. The first kappa shape index (κ1) is 91.9. The van der Waals surface area contributed by atoms with Crippen LogP contribution in [0.15, 0.2) is 212 Å². The van der Waals surface area contributed by atoms with Crippen LogP contribution in [0.5, 0.6) is 5.75 Å². The smallest absolute Gasteiger partial charge is 0.430 e. The van der Waals surface area contributed by atoms with Crippen molar-refractivity contribution in [2.45, 2.75) is 118 Å². The number of nitrogens with zero attached hydrogens (tertiary/aromatic N) is 3. The maximum Gasteiger partial charge on any atom is 0.430 e. The van der Waals surface area contributed by atoms with Crippen molar-refractivity contribution < 1.29 is 130 Å². The van der Waals surface area contributed by atoms with E-state index in [4.69, 9.17) is 30.3 Å². The summed E-state index contributed by atoms with van der Waals surface area (Å²) in [5.74, 6) is -5.79. The summed E-state index contributed by atoms with van der Waals surface area (Å²) >= 11 is 1.51. The molecule has 12 aliphatic rings. The molecule has 21 nitrogen and oxygen atoms in total. The number of thiophene rings is 1. The number of ketones is 2. The minimum Gasteiger partial charge on any atom is -1.00 e. The van der Waals surface area contributed by atoms with Crippen molar-refractivity contribution in [2.75, 3.05) is 85.1 Å². The zero-order valence-electron chi connectivity index (χ0n) is 68.3. The number of nitrogens with two attached hydrogens (primary N) is 1. The van der Waals surface area contributed by atoms with Crippen molar-refractivity contribution >= 4 is 58.5 Å². The first-order valence-electron chi connectivity index (χ1n) is 41.9. The number of amides is 4. The number of rotatable bonds is 22. The highest BCUT2D eigenvalue weighted by Crippen LogP contribution is 2.52. The lowest BCUT2D eigenvalue weighted by Crippen LogP contribution is -3.00. The Morgan fingerprint density at radius 3 is 1.02 bits per heavy atom. The van der Waals surface area contributed by atoms with Crippen LogP contribution in [0, 0.1) is 23.6 Å². The normalized spacial score (nSPS) is 23.2. The fraction of sp³-hybridized carbons (Fsp3) is 0.368. The van der Waals surface area contributed by atoms with E-state index >= 15 is 0 Å². The Kier molecular flexibility index (Phi) is 27.8. The van der Waals surface area contributed by atoms with Crippen molar-refractivity contribution in [2.24, 2.45) is 23.5 Å². The number of primary amides is 1. The maximum atomic E-state index is 13.8. The van der Waals surface area contributed by atoms with Crippen molar-refractivity contribution in [1.82, 2.24) is 16.0 Å². The summed E-state index contributed by atoms with van der Waals surface area (Å²) < 4.78 is 85.0. The number of hydrogen-bond donors (Lipinski definition) is 7. The molecule has 0 unspecified atom stereocenters. The topological polar surface area (TPSA) is 315 Å². The Hall–Kier alpha value is -10.8. The van der Waals surface area contributed by atoms with Crippen LogP contribution < -0.4 is 53.6 Å². The number of aliphatic hydroxyl groups is 3. The number of aliphatic carboxylic acids is 2. The molecular formula is C95H97BrF7N7O14S. The number of ether oxygens (including phenoxy) is 1. The van der Waals surface area contributed by atoms with Crippen molar-refractivity contribution in [3.63, 3.8) is 0 Å². The number of para-hydroxylation sites is 1. The average Bonchev–Trinajstić information content (AvgIpc) is 1.58. The standard InChI is InChI=1S/C31H31FN2O3.C31H33N3O4.C29H30N2O3S.2C2HF3O2.BrH/c32-23-13-11-22(12-14-23)29(35)10-5-17-34-18-15-21(16-19-34)28(20-34)33-30(36)31(37)26-8-3-1-6-24(26)25-7-2-4-9-27(25)31;32-29(35)24-10-3-6-13-28(24)38-19-7-16-34-17-14-21(15-18-34)27(20-34)33-30(36)31(37)25-11-4-1-8-22(25)23-9-2-5-12-26(23)31;32-26(27-12-6-18-35-27)11-5-15-31-16-13-20(14-17-31)25(19-31)30-28(33)29(34)23-9-3-1-7-21(23)22-8-2-4-10-24(22)29;2*3-2(4,5)1(6)7;/h1-4,6-9,11-14,21,28,37H,5,10,15-20H2;1-6,8-13,21,27,37H,7,14-20H2,(H2-,32,33,35,36);1-4,6-10,12,18,20,25,34H,5,11,13-17,19H2;2*(H,6,7);1H/t21?,28-,34?;21?,27-,34?;20?,25-,31?;;;/m000.../s1. The van der Waals surface area contributed by atoms with Gasteiger partial charge in [-0.05, 0) is 99.0 Å². The number of carbonyl (C=O) groups excluding carboxylic acids is 8. The number of carbonyl (C=O) groups is 8. The second-order valence-corrected chi connectivity index (χ2v) is 34.9. The molecule has 8 aromatic carbocycles. The van der Waals surface area contributed by atoms with Gasteiger partial charge < -0.3 is 92.0 Å². The molecule has 9 fully saturated rings. The predicted molar refractivity (Wildman–Crippen MR) is 443 cm³/mol. The molecule has 30 heteroatoms. The lowest BCUT2D eigenvalue weighted by Gasteiger charge is -2.53. The molecule has 4 amide bonds. The monoisotopic (exact) mass is 1800 g/mol. The molecule has 9 saturated heterocycles. The molecule has 10 heterocycles. The van der Waals surface area contributed by atoms with Gasteiger partial charge in [-0.25, -0.2) is 4.39 Å². The number of alkyl halides is 6. The second-order valence-electron chi connectivity index (χ2n) is 33.9. The van der Waals surface area contributed by atoms with Crippen molar-refractivity contribution in [3.05, 3.63) is 267 Å². The van der Waals surface area contributed by atoms with Crippen LogP contribution in [0.2, 0.25) is 0 Å². The van der Waals surface area contributed by atoms with E-state index in [0.29, 0.717) is 87.5 Å². The molecule has 0 radical (unpaired) electrons. The van der Waals surface area contributed by atoms with Crippen LogP contribution in [-0.2, 0) is 40.8 Å².